The van der Waals surface area contributed by atoms with Gasteiger partial charge in [0, 0.05) is 38.8 Å². The Balaban J connectivity index is 1.85. The fourth-order valence-electron chi connectivity index (χ4n) is 3.04. The van der Waals surface area contributed by atoms with Gasteiger partial charge >= 0.3 is 0 Å². The van der Waals surface area contributed by atoms with Crippen LogP contribution in [0.25, 0.3) is 0 Å². The highest BCUT2D eigenvalue weighted by molar-refractivity contribution is 5.49. The first-order valence-electron chi connectivity index (χ1n) is 6.72. The molecule has 0 spiro atoms. The van der Waals surface area contributed by atoms with E-state index in [1.54, 1.807) is 7.05 Å². The standard InChI is InChI=1S/C13H18F2N4/c1-16-12-10(14)7-11(15)13(17-12)19-6-5-18-4-2-3-9(18)8-19/h7,9H,2-6,8H2,1H3,(H,16,17). The van der Waals surface area contributed by atoms with Crippen molar-refractivity contribution in [1.29, 1.82) is 0 Å². The van der Waals surface area contributed by atoms with Crippen molar-refractivity contribution >= 4 is 11.6 Å². The van der Waals surface area contributed by atoms with E-state index >= 15 is 0 Å². The third-order valence-electron chi connectivity index (χ3n) is 4.03. The van der Waals surface area contributed by atoms with Crippen LogP contribution >= 0.6 is 0 Å². The third kappa shape index (κ3) is 2.25. The predicted molar refractivity (Wildman–Crippen MR) is 70.5 cm³/mol. The summed E-state index contributed by atoms with van der Waals surface area (Å²) >= 11 is 0. The fraction of sp³-hybridized carbons (Fsp3) is 0.615. The first-order chi connectivity index (χ1) is 9.19. The number of nitrogens with one attached hydrogen (secondary N) is 1. The van der Waals surface area contributed by atoms with Gasteiger partial charge in [-0.2, -0.15) is 0 Å². The molecule has 2 aliphatic rings. The van der Waals surface area contributed by atoms with Crippen molar-refractivity contribution in [3.05, 3.63) is 17.7 Å². The zero-order chi connectivity index (χ0) is 13.4. The van der Waals surface area contributed by atoms with Crippen LogP contribution in [0.2, 0.25) is 0 Å². The van der Waals surface area contributed by atoms with Gasteiger partial charge in [-0.3, -0.25) is 4.90 Å². The third-order valence-corrected chi connectivity index (χ3v) is 4.03. The van der Waals surface area contributed by atoms with Crippen LogP contribution < -0.4 is 10.2 Å². The van der Waals surface area contributed by atoms with Crippen molar-refractivity contribution < 1.29 is 8.78 Å². The molecule has 1 aromatic heterocycles. The lowest BCUT2D eigenvalue weighted by molar-refractivity contribution is 0.229. The van der Waals surface area contributed by atoms with E-state index in [0.29, 0.717) is 6.04 Å². The van der Waals surface area contributed by atoms with E-state index in [1.165, 1.54) is 6.42 Å². The molecule has 1 unspecified atom stereocenters. The minimum Gasteiger partial charge on any atom is -0.371 e. The predicted octanol–water partition coefficient (Wildman–Crippen LogP) is 1.69. The maximum atomic E-state index is 13.9. The maximum absolute atomic E-state index is 13.9. The van der Waals surface area contributed by atoms with E-state index in [9.17, 15) is 8.78 Å². The van der Waals surface area contributed by atoms with Gasteiger partial charge in [0.05, 0.1) is 0 Å². The zero-order valence-corrected chi connectivity index (χ0v) is 11.0. The summed E-state index contributed by atoms with van der Waals surface area (Å²) in [4.78, 5) is 8.45. The monoisotopic (exact) mass is 268 g/mol. The smallest absolute Gasteiger partial charge is 0.168 e. The number of hydrogen-bond acceptors (Lipinski definition) is 4. The van der Waals surface area contributed by atoms with Gasteiger partial charge in [-0.1, -0.05) is 0 Å². The molecular formula is C13H18F2N4. The molecule has 3 rings (SSSR count). The van der Waals surface area contributed by atoms with E-state index in [4.69, 9.17) is 0 Å². The summed E-state index contributed by atoms with van der Waals surface area (Å²) in [5, 5.41) is 2.66. The summed E-state index contributed by atoms with van der Waals surface area (Å²) < 4.78 is 27.3. The molecule has 2 fully saturated rings. The summed E-state index contributed by atoms with van der Waals surface area (Å²) in [5.41, 5.74) is 0. The van der Waals surface area contributed by atoms with Crippen LogP contribution in [0.15, 0.2) is 6.07 Å². The fourth-order valence-corrected chi connectivity index (χ4v) is 3.04. The van der Waals surface area contributed by atoms with Crippen LogP contribution in [-0.4, -0.2) is 49.2 Å². The van der Waals surface area contributed by atoms with Crippen LogP contribution in [0.4, 0.5) is 20.4 Å². The molecule has 3 heterocycles. The lowest BCUT2D eigenvalue weighted by Gasteiger charge is -2.38. The molecule has 6 heteroatoms. The SMILES string of the molecule is CNc1nc(N2CCN3CCCC3C2)c(F)cc1F. The summed E-state index contributed by atoms with van der Waals surface area (Å²) in [6.45, 7) is 3.59. The van der Waals surface area contributed by atoms with Gasteiger partial charge in [-0.25, -0.2) is 13.8 Å². The molecule has 2 aliphatic heterocycles. The molecule has 0 saturated carbocycles. The number of rotatable bonds is 2. The molecular weight excluding hydrogens is 250 g/mol. The molecule has 19 heavy (non-hydrogen) atoms. The number of hydrogen-bond donors (Lipinski definition) is 1. The molecule has 104 valence electrons. The summed E-state index contributed by atoms with van der Waals surface area (Å²) in [6, 6.07) is 1.40. The summed E-state index contributed by atoms with van der Waals surface area (Å²) in [6.07, 6.45) is 2.36. The second kappa shape index (κ2) is 4.92. The number of halogens is 2. The number of aromatic nitrogens is 1. The molecule has 4 nitrogen and oxygen atoms in total. The summed E-state index contributed by atoms with van der Waals surface area (Å²) in [5.74, 6) is -0.867. The molecule has 1 aromatic rings. The van der Waals surface area contributed by atoms with Gasteiger partial charge in [0.1, 0.15) is 0 Å². The topological polar surface area (TPSA) is 31.4 Å². The minimum absolute atomic E-state index is 0.102. The highest BCUT2D eigenvalue weighted by Gasteiger charge is 2.32. The molecule has 0 radical (unpaired) electrons. The van der Waals surface area contributed by atoms with Crippen molar-refractivity contribution in [2.75, 3.05) is 43.4 Å². The lowest BCUT2D eigenvalue weighted by Crippen LogP contribution is -2.50. The first-order valence-corrected chi connectivity index (χ1v) is 6.72. The van der Waals surface area contributed by atoms with E-state index < -0.39 is 11.6 Å². The molecule has 0 aromatic carbocycles. The second-order valence-corrected chi connectivity index (χ2v) is 5.15. The van der Waals surface area contributed by atoms with Gasteiger partial charge in [-0.05, 0) is 19.4 Å². The van der Waals surface area contributed by atoms with Crippen LogP contribution in [0.1, 0.15) is 12.8 Å². The summed E-state index contributed by atoms with van der Waals surface area (Å²) in [7, 11) is 1.59. The number of piperazine rings is 1. The van der Waals surface area contributed by atoms with E-state index in [-0.39, 0.29) is 11.6 Å². The average Bonchev–Trinajstić information content (AvgIpc) is 2.86. The number of fused-ring (bicyclic) bond motifs is 1. The molecule has 0 bridgehead atoms. The Morgan fingerprint density at radius 1 is 1.26 bits per heavy atom. The van der Waals surface area contributed by atoms with E-state index in [0.717, 1.165) is 38.7 Å². The molecule has 1 atom stereocenters. The number of pyridine rings is 1. The van der Waals surface area contributed by atoms with Gasteiger partial charge in [0.15, 0.2) is 23.3 Å². The van der Waals surface area contributed by atoms with Gasteiger partial charge in [0.2, 0.25) is 0 Å². The van der Waals surface area contributed by atoms with Crippen molar-refractivity contribution in [1.82, 2.24) is 9.88 Å². The van der Waals surface area contributed by atoms with Crippen LogP contribution in [0, 0.1) is 11.6 Å². The lowest BCUT2D eigenvalue weighted by atomic mass is 10.1. The highest BCUT2D eigenvalue weighted by Crippen LogP contribution is 2.27. The Hall–Kier alpha value is -1.43. The average molecular weight is 268 g/mol. The van der Waals surface area contributed by atoms with Gasteiger partial charge in [0.25, 0.3) is 0 Å². The quantitative estimate of drug-likeness (QED) is 0.884. The molecule has 2 saturated heterocycles. The minimum atomic E-state index is -0.650. The van der Waals surface area contributed by atoms with Crippen molar-refractivity contribution in [3.63, 3.8) is 0 Å². The Bertz CT molecular complexity index is 480. The van der Waals surface area contributed by atoms with Crippen molar-refractivity contribution in [3.8, 4) is 0 Å². The van der Waals surface area contributed by atoms with E-state index in [1.807, 2.05) is 4.90 Å². The van der Waals surface area contributed by atoms with Crippen molar-refractivity contribution in [2.24, 2.45) is 0 Å². The first kappa shape index (κ1) is 12.6. The molecule has 0 amide bonds. The molecule has 0 aliphatic carbocycles. The Morgan fingerprint density at radius 3 is 2.89 bits per heavy atom. The Kier molecular flexibility index (Phi) is 3.26. The van der Waals surface area contributed by atoms with Crippen LogP contribution in [0.3, 0.4) is 0 Å². The highest BCUT2D eigenvalue weighted by atomic mass is 19.1. The second-order valence-electron chi connectivity index (χ2n) is 5.15. The van der Waals surface area contributed by atoms with Crippen LogP contribution in [0.5, 0.6) is 0 Å². The van der Waals surface area contributed by atoms with Crippen LogP contribution in [-0.2, 0) is 0 Å². The molecule has 1 N–H and O–H groups in total. The van der Waals surface area contributed by atoms with Gasteiger partial charge in [-0.15, -0.1) is 0 Å². The normalized spacial score (nSPS) is 23.5. The van der Waals surface area contributed by atoms with Gasteiger partial charge < -0.3 is 10.2 Å². The maximum Gasteiger partial charge on any atom is 0.168 e. The number of nitrogens with zero attached hydrogens (tertiary/aromatic N) is 3. The van der Waals surface area contributed by atoms with Crippen molar-refractivity contribution in [2.45, 2.75) is 18.9 Å². The largest absolute Gasteiger partial charge is 0.371 e. The Morgan fingerprint density at radius 2 is 2.11 bits per heavy atom. The number of anilines is 2. The Labute approximate surface area is 111 Å². The van der Waals surface area contributed by atoms with E-state index in [2.05, 4.69) is 15.2 Å². The zero-order valence-electron chi connectivity index (χ0n) is 11.0.